The van der Waals surface area contributed by atoms with E-state index < -0.39 is 23.5 Å². The Hall–Kier alpha value is -4.50. The first-order valence-electron chi connectivity index (χ1n) is 12.7. The molecule has 202 valence electrons. The molecule has 1 saturated heterocycles. The van der Waals surface area contributed by atoms with Crippen LogP contribution in [0.2, 0.25) is 0 Å². The van der Waals surface area contributed by atoms with Crippen LogP contribution in [0.3, 0.4) is 0 Å². The summed E-state index contributed by atoms with van der Waals surface area (Å²) in [5.41, 5.74) is 0.725. The number of nitrogens with zero attached hydrogens (tertiary/aromatic N) is 7. The smallest absolute Gasteiger partial charge is 0.332 e. The summed E-state index contributed by atoms with van der Waals surface area (Å²) < 4.78 is 4.03. The zero-order valence-corrected chi connectivity index (χ0v) is 22.3. The second kappa shape index (κ2) is 10.3. The molecule has 1 unspecified atom stereocenters. The lowest BCUT2D eigenvalue weighted by atomic mass is 10.0. The van der Waals surface area contributed by atoms with Crippen LogP contribution in [-0.2, 0) is 24.9 Å². The molecule has 5 rings (SSSR count). The van der Waals surface area contributed by atoms with Crippen molar-refractivity contribution in [2.24, 2.45) is 7.05 Å². The Bertz CT molecular complexity index is 1770. The number of carbonyl (C=O) groups is 1. The fourth-order valence-corrected chi connectivity index (χ4v) is 5.14. The van der Waals surface area contributed by atoms with Crippen LogP contribution in [0, 0.1) is 18.8 Å². The van der Waals surface area contributed by atoms with Crippen LogP contribution in [-0.4, -0.2) is 58.5 Å². The molecular weight excluding hydrogens is 500 g/mol. The Morgan fingerprint density at radius 1 is 1.18 bits per heavy atom. The van der Waals surface area contributed by atoms with Gasteiger partial charge in [0.25, 0.3) is 5.56 Å². The van der Waals surface area contributed by atoms with E-state index in [1.807, 2.05) is 31.2 Å². The summed E-state index contributed by atoms with van der Waals surface area (Å²) in [4.78, 5) is 54.4. The Labute approximate surface area is 223 Å². The van der Waals surface area contributed by atoms with Crippen LogP contribution in [0.25, 0.3) is 22.1 Å². The fraction of sp³-hybridized carbons (Fsp3) is 0.407. The van der Waals surface area contributed by atoms with Gasteiger partial charge in [0, 0.05) is 31.6 Å². The lowest BCUT2D eigenvalue weighted by Gasteiger charge is -2.38. The second-order valence-electron chi connectivity index (χ2n) is 9.63. The van der Waals surface area contributed by atoms with Crippen LogP contribution < -0.4 is 21.5 Å². The third-order valence-electron chi connectivity index (χ3n) is 7.00. The highest BCUT2D eigenvalue weighted by molar-refractivity contribution is 5.80. The minimum absolute atomic E-state index is 0.120. The molecule has 0 radical (unpaired) electrons. The minimum Gasteiger partial charge on any atom is -0.371 e. The van der Waals surface area contributed by atoms with E-state index in [1.165, 1.54) is 11.5 Å². The van der Waals surface area contributed by atoms with Crippen molar-refractivity contribution in [2.45, 2.75) is 59.0 Å². The number of fused-ring (bicyclic) bond motifs is 2. The number of amides is 1. The van der Waals surface area contributed by atoms with Gasteiger partial charge in [0.05, 0.1) is 24.6 Å². The molecule has 4 heterocycles. The quantitative estimate of drug-likeness (QED) is 0.359. The molecule has 1 aliphatic heterocycles. The van der Waals surface area contributed by atoms with Crippen molar-refractivity contribution in [3.63, 3.8) is 0 Å². The molecule has 1 aliphatic rings. The molecule has 1 aromatic carbocycles. The lowest BCUT2D eigenvalue weighted by Crippen LogP contribution is -2.55. The van der Waals surface area contributed by atoms with Gasteiger partial charge in [0.2, 0.25) is 11.9 Å². The van der Waals surface area contributed by atoms with Gasteiger partial charge in [-0.1, -0.05) is 24.1 Å². The Morgan fingerprint density at radius 3 is 2.69 bits per heavy atom. The van der Waals surface area contributed by atoms with E-state index in [0.29, 0.717) is 31.2 Å². The fourth-order valence-electron chi connectivity index (χ4n) is 5.14. The summed E-state index contributed by atoms with van der Waals surface area (Å²) in [6.45, 7) is 5.40. The average molecular weight is 531 g/mol. The summed E-state index contributed by atoms with van der Waals surface area (Å²) >= 11 is 0. The number of nitrogens with one attached hydrogen (secondary N) is 1. The van der Waals surface area contributed by atoms with Gasteiger partial charge in [-0.25, -0.2) is 14.8 Å². The topological polar surface area (TPSA) is 140 Å². The molecule has 0 bridgehead atoms. The molecular formula is C27H30N8O4. The monoisotopic (exact) mass is 530 g/mol. The summed E-state index contributed by atoms with van der Waals surface area (Å²) in [7, 11) is 1.55. The maximum Gasteiger partial charge on any atom is 0.332 e. The molecule has 0 saturated carbocycles. The molecule has 4 aromatic rings. The van der Waals surface area contributed by atoms with Crippen LogP contribution in [0.5, 0.6) is 0 Å². The number of benzene rings is 1. The van der Waals surface area contributed by atoms with E-state index in [1.54, 1.807) is 23.4 Å². The van der Waals surface area contributed by atoms with Gasteiger partial charge in [-0.15, -0.1) is 5.92 Å². The highest BCUT2D eigenvalue weighted by Gasteiger charge is 2.34. The van der Waals surface area contributed by atoms with Gasteiger partial charge in [0.15, 0.2) is 11.2 Å². The number of aliphatic hydroxyl groups excluding tert-OH is 1. The number of imidazole rings is 1. The van der Waals surface area contributed by atoms with E-state index in [0.717, 1.165) is 21.2 Å². The minimum atomic E-state index is -1.07. The van der Waals surface area contributed by atoms with E-state index in [9.17, 15) is 19.5 Å². The number of hydrogen-bond donors (Lipinski definition) is 2. The van der Waals surface area contributed by atoms with Gasteiger partial charge < -0.3 is 15.3 Å². The van der Waals surface area contributed by atoms with Gasteiger partial charge in [-0.2, -0.15) is 4.98 Å². The van der Waals surface area contributed by atoms with Crippen molar-refractivity contribution in [2.75, 3.05) is 11.4 Å². The van der Waals surface area contributed by atoms with Crippen molar-refractivity contribution in [1.82, 2.24) is 34.0 Å². The molecule has 3 aromatic heterocycles. The predicted octanol–water partition coefficient (Wildman–Crippen LogP) is 0.643. The lowest BCUT2D eigenvalue weighted by molar-refractivity contribution is -0.120. The third kappa shape index (κ3) is 4.66. The van der Waals surface area contributed by atoms with Gasteiger partial charge in [0.1, 0.15) is 12.1 Å². The number of carbonyl (C=O) groups excluding carboxylic acids is 1. The largest absolute Gasteiger partial charge is 0.371 e. The molecule has 12 heteroatoms. The van der Waals surface area contributed by atoms with Crippen molar-refractivity contribution in [3.05, 3.63) is 56.6 Å². The number of piperidine rings is 1. The van der Waals surface area contributed by atoms with Gasteiger partial charge in [-0.05, 0) is 32.8 Å². The summed E-state index contributed by atoms with van der Waals surface area (Å²) in [6.07, 6.45) is 0.218. The van der Waals surface area contributed by atoms with Crippen molar-refractivity contribution in [3.8, 4) is 11.8 Å². The molecule has 1 fully saturated rings. The Kier molecular flexibility index (Phi) is 6.93. The molecule has 12 nitrogen and oxygen atoms in total. The normalized spacial score (nSPS) is 17.3. The van der Waals surface area contributed by atoms with E-state index in [-0.39, 0.29) is 30.2 Å². The number of hydrogen-bond acceptors (Lipinski definition) is 8. The third-order valence-corrected chi connectivity index (χ3v) is 7.00. The van der Waals surface area contributed by atoms with Crippen LogP contribution in [0.15, 0.2) is 33.9 Å². The highest BCUT2D eigenvalue weighted by atomic mass is 16.3. The zero-order chi connectivity index (χ0) is 27.8. The highest BCUT2D eigenvalue weighted by Crippen LogP contribution is 2.26. The van der Waals surface area contributed by atoms with Gasteiger partial charge >= 0.3 is 5.69 Å². The number of rotatable bonds is 5. The van der Waals surface area contributed by atoms with E-state index in [4.69, 9.17) is 0 Å². The van der Waals surface area contributed by atoms with Gasteiger partial charge in [-0.3, -0.25) is 23.3 Å². The molecule has 39 heavy (non-hydrogen) atoms. The second-order valence-corrected chi connectivity index (χ2v) is 9.63. The summed E-state index contributed by atoms with van der Waals surface area (Å²) in [5.74, 6) is 6.21. The molecule has 1 amide bonds. The van der Waals surface area contributed by atoms with Crippen LogP contribution in [0.4, 0.5) is 5.95 Å². The molecule has 0 aliphatic carbocycles. The standard InChI is InChI=1S/C27H30N8O4/c1-5-6-13-33-22-23(31-26(33)34-14-9-12-20(24(34)37)29-17(3)36)32(4)27(39)35(25(22)38)15-21-28-16(2)18-10-7-8-11-19(18)30-21/h7-8,10-11,20,24,37H,9,12-15H2,1-4H3,(H,29,36)/t20-,24?/m1/s1. The van der Waals surface area contributed by atoms with E-state index in [2.05, 4.69) is 32.1 Å². The van der Waals surface area contributed by atoms with Crippen molar-refractivity contribution in [1.29, 1.82) is 0 Å². The maximum absolute atomic E-state index is 13.9. The van der Waals surface area contributed by atoms with Crippen molar-refractivity contribution >= 4 is 33.9 Å². The first kappa shape index (κ1) is 26.1. The zero-order valence-electron chi connectivity index (χ0n) is 22.3. The van der Waals surface area contributed by atoms with Crippen LogP contribution >= 0.6 is 0 Å². The average Bonchev–Trinajstić information content (AvgIpc) is 3.29. The Balaban J connectivity index is 1.66. The van der Waals surface area contributed by atoms with Crippen molar-refractivity contribution < 1.29 is 9.90 Å². The van der Waals surface area contributed by atoms with E-state index >= 15 is 0 Å². The molecule has 0 spiro atoms. The molecule has 2 atom stereocenters. The maximum atomic E-state index is 13.9. The summed E-state index contributed by atoms with van der Waals surface area (Å²) in [6, 6.07) is 7.06. The first-order valence-corrected chi connectivity index (χ1v) is 12.7. The number of anilines is 1. The summed E-state index contributed by atoms with van der Waals surface area (Å²) in [5, 5.41) is 14.8. The number of aromatic nitrogens is 6. The van der Waals surface area contributed by atoms with Crippen LogP contribution in [0.1, 0.15) is 38.2 Å². The number of aliphatic hydroxyl groups is 1. The predicted molar refractivity (Wildman–Crippen MR) is 146 cm³/mol. The number of aryl methyl sites for hydroxylation is 2. The Morgan fingerprint density at radius 2 is 1.95 bits per heavy atom. The number of para-hydroxylation sites is 1. The first-order chi connectivity index (χ1) is 18.7. The molecule has 2 N–H and O–H groups in total. The SMILES string of the molecule is CC#CCn1c(N2CCC[C@@H](NC(C)=O)C2O)nc2c1c(=O)n(Cc1nc(C)c3ccccc3n1)c(=O)n2C.